The molecule has 0 bridgehead atoms. The van der Waals surface area contributed by atoms with Crippen molar-refractivity contribution >= 4 is 17.4 Å². The molecule has 0 spiro atoms. The lowest BCUT2D eigenvalue weighted by Crippen LogP contribution is -2.05. The molecule has 1 aromatic heterocycles. The standard InChI is InChI=1S/C18H15ClFN3/c1-11-6-7-12(19)10-16(11)23-18-14(8-9-21-18)17(22-23)13-4-2-3-5-15(13)20/h2-7,10,21H,8-9H2,1H3. The lowest BCUT2D eigenvalue weighted by molar-refractivity contribution is 0.630. The van der Waals surface area contributed by atoms with Crippen LogP contribution in [0.3, 0.4) is 0 Å². The number of nitrogens with zero attached hydrogens (tertiary/aromatic N) is 2. The van der Waals surface area contributed by atoms with Gasteiger partial charge in [-0.25, -0.2) is 9.07 Å². The number of aryl methyl sites for hydroxylation is 1. The van der Waals surface area contributed by atoms with E-state index in [1.54, 1.807) is 12.1 Å². The first-order chi connectivity index (χ1) is 11.1. The van der Waals surface area contributed by atoms with Crippen molar-refractivity contribution in [2.45, 2.75) is 13.3 Å². The maximum absolute atomic E-state index is 14.2. The third-order valence-corrected chi connectivity index (χ3v) is 4.41. The highest BCUT2D eigenvalue weighted by Gasteiger charge is 2.25. The molecule has 0 saturated heterocycles. The normalized spacial score (nSPS) is 13.0. The van der Waals surface area contributed by atoms with E-state index in [1.807, 2.05) is 35.9 Å². The van der Waals surface area contributed by atoms with Gasteiger partial charge in [-0.15, -0.1) is 0 Å². The summed E-state index contributed by atoms with van der Waals surface area (Å²) in [5.74, 6) is 0.670. The molecule has 1 N–H and O–H groups in total. The minimum atomic E-state index is -0.255. The zero-order valence-corrected chi connectivity index (χ0v) is 13.4. The Hall–Kier alpha value is -2.33. The second-order valence-corrected chi connectivity index (χ2v) is 6.11. The molecule has 3 nitrogen and oxygen atoms in total. The highest BCUT2D eigenvalue weighted by Crippen LogP contribution is 2.36. The first-order valence-electron chi connectivity index (χ1n) is 7.52. The second kappa shape index (κ2) is 5.39. The number of nitrogens with one attached hydrogen (secondary N) is 1. The average molecular weight is 328 g/mol. The van der Waals surface area contributed by atoms with Gasteiger partial charge < -0.3 is 5.32 Å². The van der Waals surface area contributed by atoms with Gasteiger partial charge >= 0.3 is 0 Å². The van der Waals surface area contributed by atoms with Crippen LogP contribution in [0.5, 0.6) is 0 Å². The molecule has 1 aliphatic rings. The maximum atomic E-state index is 14.2. The summed E-state index contributed by atoms with van der Waals surface area (Å²) in [6.45, 7) is 2.84. The Morgan fingerprint density at radius 2 is 2.04 bits per heavy atom. The van der Waals surface area contributed by atoms with Crippen molar-refractivity contribution in [2.75, 3.05) is 11.9 Å². The molecular weight excluding hydrogens is 313 g/mol. The Balaban J connectivity index is 1.96. The van der Waals surface area contributed by atoms with Crippen molar-refractivity contribution < 1.29 is 4.39 Å². The molecule has 0 saturated carbocycles. The number of hydrogen-bond acceptors (Lipinski definition) is 2. The van der Waals surface area contributed by atoms with Crippen LogP contribution in [0.2, 0.25) is 5.02 Å². The van der Waals surface area contributed by atoms with Crippen LogP contribution in [0.4, 0.5) is 10.2 Å². The van der Waals surface area contributed by atoms with Crippen LogP contribution < -0.4 is 5.32 Å². The summed E-state index contributed by atoms with van der Waals surface area (Å²) in [6, 6.07) is 12.5. The smallest absolute Gasteiger partial charge is 0.133 e. The molecule has 0 aliphatic carbocycles. The van der Waals surface area contributed by atoms with E-state index in [0.29, 0.717) is 16.3 Å². The van der Waals surface area contributed by atoms with E-state index in [9.17, 15) is 4.39 Å². The predicted molar refractivity (Wildman–Crippen MR) is 90.9 cm³/mol. The van der Waals surface area contributed by atoms with Gasteiger partial charge in [-0.1, -0.05) is 29.8 Å². The van der Waals surface area contributed by atoms with Crippen LogP contribution in [0, 0.1) is 12.7 Å². The Bertz CT molecular complexity index is 901. The number of benzene rings is 2. The molecule has 2 aromatic carbocycles. The van der Waals surface area contributed by atoms with E-state index in [-0.39, 0.29) is 5.82 Å². The van der Waals surface area contributed by atoms with Crippen molar-refractivity contribution in [2.24, 2.45) is 0 Å². The van der Waals surface area contributed by atoms with Crippen molar-refractivity contribution in [3.8, 4) is 16.9 Å². The monoisotopic (exact) mass is 327 g/mol. The molecule has 3 aromatic rings. The van der Waals surface area contributed by atoms with Crippen LogP contribution in [-0.4, -0.2) is 16.3 Å². The summed E-state index contributed by atoms with van der Waals surface area (Å²) in [5.41, 5.74) is 4.25. The first-order valence-corrected chi connectivity index (χ1v) is 7.90. The molecule has 23 heavy (non-hydrogen) atoms. The van der Waals surface area contributed by atoms with E-state index in [4.69, 9.17) is 16.7 Å². The summed E-state index contributed by atoms with van der Waals surface area (Å²) in [7, 11) is 0. The van der Waals surface area contributed by atoms with E-state index in [1.165, 1.54) is 6.07 Å². The third-order valence-electron chi connectivity index (χ3n) is 4.18. The highest BCUT2D eigenvalue weighted by atomic mass is 35.5. The fourth-order valence-corrected chi connectivity index (χ4v) is 3.20. The number of rotatable bonds is 2. The molecule has 0 radical (unpaired) electrons. The van der Waals surface area contributed by atoms with Crippen LogP contribution >= 0.6 is 11.6 Å². The van der Waals surface area contributed by atoms with E-state index < -0.39 is 0 Å². The molecule has 0 amide bonds. The largest absolute Gasteiger partial charge is 0.369 e. The third kappa shape index (κ3) is 2.30. The molecule has 5 heteroatoms. The van der Waals surface area contributed by atoms with Gasteiger partial charge in [0.25, 0.3) is 0 Å². The van der Waals surface area contributed by atoms with Gasteiger partial charge in [0.1, 0.15) is 17.3 Å². The lowest BCUT2D eigenvalue weighted by atomic mass is 10.1. The van der Waals surface area contributed by atoms with Crippen LogP contribution in [0.25, 0.3) is 16.9 Å². The van der Waals surface area contributed by atoms with Gasteiger partial charge in [0.2, 0.25) is 0 Å². The lowest BCUT2D eigenvalue weighted by Gasteiger charge is -2.10. The number of hydrogen-bond donors (Lipinski definition) is 1. The first kappa shape index (κ1) is 14.3. The Labute approximate surface area is 138 Å². The summed E-state index contributed by atoms with van der Waals surface area (Å²) in [5, 5.41) is 8.70. The van der Waals surface area contributed by atoms with Crippen LogP contribution in [0.1, 0.15) is 11.1 Å². The summed E-state index contributed by atoms with van der Waals surface area (Å²) in [6.07, 6.45) is 0.832. The minimum absolute atomic E-state index is 0.255. The van der Waals surface area contributed by atoms with Gasteiger partial charge in [-0.2, -0.15) is 5.10 Å². The van der Waals surface area contributed by atoms with Gasteiger partial charge in [0, 0.05) is 22.7 Å². The van der Waals surface area contributed by atoms with E-state index >= 15 is 0 Å². The van der Waals surface area contributed by atoms with E-state index in [0.717, 1.165) is 35.6 Å². The number of halogens is 2. The maximum Gasteiger partial charge on any atom is 0.133 e. The molecule has 1 aliphatic heterocycles. The number of fused-ring (bicyclic) bond motifs is 1. The zero-order chi connectivity index (χ0) is 16.0. The van der Waals surface area contributed by atoms with Crippen molar-refractivity contribution in [3.05, 3.63) is 64.4 Å². The topological polar surface area (TPSA) is 29.9 Å². The summed E-state index contributed by atoms with van der Waals surface area (Å²) >= 11 is 6.15. The van der Waals surface area contributed by atoms with Gasteiger partial charge in [-0.3, -0.25) is 0 Å². The Morgan fingerprint density at radius 1 is 1.22 bits per heavy atom. The summed E-state index contributed by atoms with van der Waals surface area (Å²) in [4.78, 5) is 0. The van der Waals surface area contributed by atoms with Crippen molar-refractivity contribution in [1.82, 2.24) is 9.78 Å². The minimum Gasteiger partial charge on any atom is -0.369 e. The van der Waals surface area contributed by atoms with Crippen molar-refractivity contribution in [1.29, 1.82) is 0 Å². The predicted octanol–water partition coefficient (Wildman–Crippen LogP) is 4.61. The van der Waals surface area contributed by atoms with Gasteiger partial charge in [-0.05, 0) is 43.2 Å². The van der Waals surface area contributed by atoms with Gasteiger partial charge in [0.05, 0.1) is 5.69 Å². The molecular formula is C18H15ClFN3. The van der Waals surface area contributed by atoms with E-state index in [2.05, 4.69) is 5.32 Å². The SMILES string of the molecule is Cc1ccc(Cl)cc1-n1nc(-c2ccccc2F)c2c1NCC2. The van der Waals surface area contributed by atoms with Crippen LogP contribution in [-0.2, 0) is 6.42 Å². The molecule has 4 rings (SSSR count). The fraction of sp³-hybridized carbons (Fsp3) is 0.167. The average Bonchev–Trinajstić information content (AvgIpc) is 3.13. The second-order valence-electron chi connectivity index (χ2n) is 5.68. The Morgan fingerprint density at radius 3 is 2.87 bits per heavy atom. The molecule has 0 unspecified atom stereocenters. The summed E-state index contributed by atoms with van der Waals surface area (Å²) < 4.78 is 16.0. The zero-order valence-electron chi connectivity index (χ0n) is 12.6. The quantitative estimate of drug-likeness (QED) is 0.745. The highest BCUT2D eigenvalue weighted by molar-refractivity contribution is 6.30. The molecule has 2 heterocycles. The molecule has 0 atom stereocenters. The fourth-order valence-electron chi connectivity index (χ4n) is 3.03. The van der Waals surface area contributed by atoms with Crippen molar-refractivity contribution in [3.63, 3.8) is 0 Å². The molecule has 116 valence electrons. The number of aromatic nitrogens is 2. The van der Waals surface area contributed by atoms with Crippen LogP contribution in [0.15, 0.2) is 42.5 Å². The Kier molecular flexibility index (Phi) is 3.34. The molecule has 0 fully saturated rings. The van der Waals surface area contributed by atoms with Gasteiger partial charge in [0.15, 0.2) is 0 Å². The number of anilines is 1.